The van der Waals surface area contributed by atoms with E-state index in [4.69, 9.17) is 5.73 Å². The number of hydrogen-bond acceptors (Lipinski definition) is 3. The molecule has 2 atom stereocenters. The van der Waals surface area contributed by atoms with Crippen molar-refractivity contribution in [3.05, 3.63) is 29.3 Å². The Labute approximate surface area is 106 Å². The highest BCUT2D eigenvalue weighted by Crippen LogP contribution is 2.16. The number of carbonyl (C=O) groups is 1. The molecule has 0 fully saturated rings. The van der Waals surface area contributed by atoms with Crippen molar-refractivity contribution < 1.29 is 17.8 Å². The minimum Gasteiger partial charge on any atom is -0.398 e. The summed E-state index contributed by atoms with van der Waals surface area (Å²) in [5, 5.41) is 2.23. The first-order chi connectivity index (χ1) is 8.32. The zero-order valence-corrected chi connectivity index (χ0v) is 10.8. The van der Waals surface area contributed by atoms with E-state index in [0.29, 0.717) is 0 Å². The van der Waals surface area contributed by atoms with E-state index in [1.54, 1.807) is 6.92 Å². The molecule has 7 heteroatoms. The van der Waals surface area contributed by atoms with Gasteiger partial charge in [0.1, 0.15) is 0 Å². The normalized spacial score (nSPS) is 14.0. The van der Waals surface area contributed by atoms with Gasteiger partial charge in [0, 0.05) is 40.6 Å². The molecule has 0 bridgehead atoms. The van der Waals surface area contributed by atoms with Gasteiger partial charge in [-0.15, -0.1) is 0 Å². The largest absolute Gasteiger partial charge is 0.398 e. The van der Waals surface area contributed by atoms with Crippen LogP contribution in [0.25, 0.3) is 0 Å². The average Bonchev–Trinajstić information content (AvgIpc) is 2.30. The van der Waals surface area contributed by atoms with Gasteiger partial charge in [-0.05, 0) is 13.0 Å². The molecule has 1 aromatic rings. The Morgan fingerprint density at radius 3 is 2.56 bits per heavy atom. The van der Waals surface area contributed by atoms with Crippen molar-refractivity contribution in [3.63, 3.8) is 0 Å². The molecule has 0 radical (unpaired) electrons. The highest BCUT2D eigenvalue weighted by Gasteiger charge is 2.15. The van der Waals surface area contributed by atoms with Gasteiger partial charge in [-0.25, -0.2) is 8.78 Å². The van der Waals surface area contributed by atoms with E-state index >= 15 is 0 Å². The summed E-state index contributed by atoms with van der Waals surface area (Å²) in [5.41, 5.74) is 5.15. The Kier molecular flexibility index (Phi) is 4.77. The van der Waals surface area contributed by atoms with Crippen molar-refractivity contribution in [3.8, 4) is 0 Å². The van der Waals surface area contributed by atoms with Gasteiger partial charge in [0.05, 0.1) is 5.56 Å². The number of hydrogen-bond donors (Lipinski definition) is 2. The Hall–Kier alpha value is -1.50. The molecule has 100 valence electrons. The van der Waals surface area contributed by atoms with Crippen molar-refractivity contribution >= 4 is 22.4 Å². The van der Waals surface area contributed by atoms with Gasteiger partial charge in [0.15, 0.2) is 11.6 Å². The summed E-state index contributed by atoms with van der Waals surface area (Å²) >= 11 is 0. The Bertz CT molecular complexity index is 494. The van der Waals surface area contributed by atoms with Gasteiger partial charge in [-0.3, -0.25) is 9.00 Å². The smallest absolute Gasteiger partial charge is 0.253 e. The Morgan fingerprint density at radius 2 is 2.00 bits per heavy atom. The van der Waals surface area contributed by atoms with E-state index in [2.05, 4.69) is 5.32 Å². The molecule has 0 heterocycles. The molecule has 0 spiro atoms. The van der Waals surface area contributed by atoms with Gasteiger partial charge in [-0.1, -0.05) is 0 Å². The molecule has 18 heavy (non-hydrogen) atoms. The lowest BCUT2D eigenvalue weighted by Crippen LogP contribution is -2.33. The molecule has 1 aromatic carbocycles. The first kappa shape index (κ1) is 14.6. The monoisotopic (exact) mass is 276 g/mol. The maximum atomic E-state index is 13.0. The van der Waals surface area contributed by atoms with Crippen LogP contribution in [0.5, 0.6) is 0 Å². The van der Waals surface area contributed by atoms with E-state index < -0.39 is 28.3 Å². The van der Waals surface area contributed by atoms with E-state index in [-0.39, 0.29) is 23.0 Å². The van der Waals surface area contributed by atoms with Gasteiger partial charge in [0.2, 0.25) is 0 Å². The fourth-order valence-electron chi connectivity index (χ4n) is 1.21. The minimum atomic E-state index is -1.14. The van der Waals surface area contributed by atoms with E-state index in [9.17, 15) is 17.8 Å². The number of benzene rings is 1. The average molecular weight is 276 g/mol. The number of amides is 1. The van der Waals surface area contributed by atoms with Gasteiger partial charge in [-0.2, -0.15) is 0 Å². The van der Waals surface area contributed by atoms with Crippen LogP contribution in [0.2, 0.25) is 0 Å². The third-order valence-electron chi connectivity index (χ3n) is 2.45. The third kappa shape index (κ3) is 3.49. The quantitative estimate of drug-likeness (QED) is 0.807. The predicted molar refractivity (Wildman–Crippen MR) is 66.6 cm³/mol. The highest BCUT2D eigenvalue weighted by molar-refractivity contribution is 7.84. The molecule has 0 aliphatic heterocycles. The van der Waals surface area contributed by atoms with Crippen LogP contribution in [0.3, 0.4) is 0 Å². The first-order valence-corrected chi connectivity index (χ1v) is 6.80. The number of nitrogens with one attached hydrogen (secondary N) is 1. The van der Waals surface area contributed by atoms with Crippen LogP contribution in [0.15, 0.2) is 12.1 Å². The molecule has 0 aliphatic rings. The van der Waals surface area contributed by atoms with Crippen LogP contribution < -0.4 is 11.1 Å². The van der Waals surface area contributed by atoms with Gasteiger partial charge < -0.3 is 11.1 Å². The van der Waals surface area contributed by atoms with E-state index in [1.807, 2.05) is 0 Å². The summed E-state index contributed by atoms with van der Waals surface area (Å²) in [6.45, 7) is 1.87. The zero-order valence-electron chi connectivity index (χ0n) is 10.00. The van der Waals surface area contributed by atoms with Crippen LogP contribution in [0.1, 0.15) is 17.3 Å². The van der Waals surface area contributed by atoms with Crippen LogP contribution in [-0.4, -0.2) is 28.2 Å². The van der Waals surface area contributed by atoms with Gasteiger partial charge in [0.25, 0.3) is 5.91 Å². The fourth-order valence-corrected chi connectivity index (χ4v) is 1.53. The summed E-state index contributed by atoms with van der Waals surface area (Å²) in [7, 11) is -1.08. The van der Waals surface area contributed by atoms with Crippen molar-refractivity contribution in [1.82, 2.24) is 5.32 Å². The molecule has 2 unspecified atom stereocenters. The number of anilines is 1. The Morgan fingerprint density at radius 1 is 1.44 bits per heavy atom. The second-order valence-electron chi connectivity index (χ2n) is 3.87. The topological polar surface area (TPSA) is 72.2 Å². The summed E-state index contributed by atoms with van der Waals surface area (Å²) in [5.74, 6) is -2.86. The second-order valence-corrected chi connectivity index (χ2v) is 5.67. The third-order valence-corrected chi connectivity index (χ3v) is 3.75. The molecule has 0 saturated carbocycles. The van der Waals surface area contributed by atoms with Crippen molar-refractivity contribution in [2.24, 2.45) is 0 Å². The lowest BCUT2D eigenvalue weighted by atomic mass is 10.1. The number of nitrogen functional groups attached to an aromatic ring is 1. The highest BCUT2D eigenvalue weighted by atomic mass is 32.2. The zero-order chi connectivity index (χ0) is 13.9. The van der Waals surface area contributed by atoms with Crippen molar-refractivity contribution in [2.45, 2.75) is 12.2 Å². The van der Waals surface area contributed by atoms with E-state index in [1.165, 1.54) is 6.26 Å². The van der Waals surface area contributed by atoms with Crippen LogP contribution in [0, 0.1) is 11.6 Å². The van der Waals surface area contributed by atoms with Crippen molar-refractivity contribution in [2.75, 3.05) is 18.5 Å². The Balaban J connectivity index is 2.79. The molecule has 1 amide bonds. The van der Waals surface area contributed by atoms with Crippen molar-refractivity contribution in [1.29, 1.82) is 0 Å². The minimum absolute atomic E-state index is 0.136. The van der Waals surface area contributed by atoms with Crippen LogP contribution >= 0.6 is 0 Å². The summed E-state index contributed by atoms with van der Waals surface area (Å²) in [4.78, 5) is 11.7. The number of rotatable bonds is 4. The number of nitrogens with two attached hydrogens (primary N) is 1. The molecule has 0 aromatic heterocycles. The summed E-state index contributed by atoms with van der Waals surface area (Å²) in [6.07, 6.45) is 1.52. The molecule has 1 rings (SSSR count). The molecular weight excluding hydrogens is 262 g/mol. The van der Waals surface area contributed by atoms with Gasteiger partial charge >= 0.3 is 0 Å². The number of carbonyl (C=O) groups excluding carboxylic acids is 1. The maximum absolute atomic E-state index is 13.0. The molecule has 4 nitrogen and oxygen atoms in total. The molecule has 3 N–H and O–H groups in total. The molecule has 0 saturated heterocycles. The van der Waals surface area contributed by atoms with E-state index in [0.717, 1.165) is 12.1 Å². The maximum Gasteiger partial charge on any atom is 0.253 e. The van der Waals surface area contributed by atoms with Crippen LogP contribution in [-0.2, 0) is 10.8 Å². The lowest BCUT2D eigenvalue weighted by molar-refractivity contribution is 0.0954. The number of halogens is 2. The summed E-state index contributed by atoms with van der Waals surface area (Å²) < 4.78 is 36.9. The van der Waals surface area contributed by atoms with Crippen LogP contribution in [0.4, 0.5) is 14.5 Å². The molecular formula is C11H14F2N2O2S. The summed E-state index contributed by atoms with van der Waals surface area (Å²) in [6, 6.07) is 1.50. The fraction of sp³-hybridized carbons (Fsp3) is 0.364. The second kappa shape index (κ2) is 5.90. The predicted octanol–water partition coefficient (Wildman–Crippen LogP) is 1.04. The first-order valence-electron chi connectivity index (χ1n) is 5.18. The molecule has 0 aliphatic carbocycles. The lowest BCUT2D eigenvalue weighted by Gasteiger charge is -2.11. The SMILES string of the molecule is CC(CNC(=O)c1cc(F)c(F)cc1N)S(C)=O. The standard InChI is InChI=1S/C11H14F2N2O2S/c1-6(18(2)17)5-15-11(16)7-3-8(12)9(13)4-10(7)14/h3-4,6H,5,14H2,1-2H3,(H,15,16).